The molecule has 2 aromatic rings. The van der Waals surface area contributed by atoms with E-state index in [1.54, 1.807) is 0 Å². The Hall–Kier alpha value is -1.42. The van der Waals surface area contributed by atoms with Crippen LogP contribution < -0.4 is 5.32 Å². The molecule has 1 aromatic heterocycles. The molecule has 1 aromatic carbocycles. The summed E-state index contributed by atoms with van der Waals surface area (Å²) in [5.41, 5.74) is 3.24. The molecular weight excluding hydrogens is 272 g/mol. The van der Waals surface area contributed by atoms with Crippen molar-refractivity contribution in [3.05, 3.63) is 23.8 Å². The van der Waals surface area contributed by atoms with Crippen molar-refractivity contribution in [3.63, 3.8) is 0 Å². The second-order valence-corrected chi connectivity index (χ2v) is 6.08. The van der Waals surface area contributed by atoms with Crippen LogP contribution in [0.2, 0.25) is 0 Å². The molecule has 4 nitrogen and oxygen atoms in total. The Morgan fingerprint density at radius 3 is 2.50 bits per heavy atom. The lowest BCUT2D eigenvalue weighted by Gasteiger charge is -2.05. The summed E-state index contributed by atoms with van der Waals surface area (Å²) in [6.45, 7) is 4.42. The highest BCUT2D eigenvalue weighted by Gasteiger charge is 2.03. The van der Waals surface area contributed by atoms with E-state index in [2.05, 4.69) is 39.8 Å². The molecule has 0 saturated heterocycles. The fraction of sp³-hybridized carbons (Fsp3) is 0.667. The summed E-state index contributed by atoms with van der Waals surface area (Å²) in [5, 5.41) is 14.6. The molecular formula is C18H30N4. The number of nitrogens with one attached hydrogen (secondary N) is 2. The standard InChI is InChI=1S/C18H30N4/c1-2-3-4-5-6-7-8-9-14-19-15-13-16-11-10-12-17-18(16)21-22-20-17/h10-12,19H,2-9,13-15H2,1H3,(H,20,21,22). The van der Waals surface area contributed by atoms with Crippen molar-refractivity contribution in [1.29, 1.82) is 0 Å². The van der Waals surface area contributed by atoms with Crippen LogP contribution in [0, 0.1) is 0 Å². The summed E-state index contributed by atoms with van der Waals surface area (Å²) in [4.78, 5) is 0. The summed E-state index contributed by atoms with van der Waals surface area (Å²) < 4.78 is 0. The van der Waals surface area contributed by atoms with Crippen molar-refractivity contribution < 1.29 is 0 Å². The molecule has 0 aliphatic heterocycles. The highest BCUT2D eigenvalue weighted by atomic mass is 15.3. The Balaban J connectivity index is 1.49. The third kappa shape index (κ3) is 5.76. The van der Waals surface area contributed by atoms with Crippen LogP contribution in [-0.4, -0.2) is 28.5 Å². The first kappa shape index (κ1) is 16.9. The lowest BCUT2D eigenvalue weighted by Crippen LogP contribution is -2.18. The van der Waals surface area contributed by atoms with Crippen molar-refractivity contribution in [1.82, 2.24) is 20.7 Å². The zero-order valence-electron chi connectivity index (χ0n) is 13.9. The van der Waals surface area contributed by atoms with Crippen LogP contribution in [-0.2, 0) is 6.42 Å². The van der Waals surface area contributed by atoms with Crippen LogP contribution in [0.4, 0.5) is 0 Å². The minimum Gasteiger partial charge on any atom is -0.316 e. The molecule has 0 aliphatic carbocycles. The second kappa shape index (κ2) is 10.3. The second-order valence-electron chi connectivity index (χ2n) is 6.08. The van der Waals surface area contributed by atoms with Crippen molar-refractivity contribution in [2.45, 2.75) is 64.7 Å². The zero-order chi connectivity index (χ0) is 15.5. The van der Waals surface area contributed by atoms with Gasteiger partial charge in [-0.2, -0.15) is 15.4 Å². The number of unbranched alkanes of at least 4 members (excludes halogenated alkanes) is 7. The molecule has 0 spiro atoms. The minimum atomic E-state index is 0.959. The lowest BCUT2D eigenvalue weighted by atomic mass is 10.1. The van der Waals surface area contributed by atoms with Crippen LogP contribution in [0.3, 0.4) is 0 Å². The highest BCUT2D eigenvalue weighted by Crippen LogP contribution is 2.13. The van der Waals surface area contributed by atoms with Gasteiger partial charge in [-0.3, -0.25) is 0 Å². The number of hydrogen-bond donors (Lipinski definition) is 2. The van der Waals surface area contributed by atoms with Gasteiger partial charge in [-0.1, -0.05) is 64.0 Å². The third-order valence-electron chi connectivity index (χ3n) is 4.21. The third-order valence-corrected chi connectivity index (χ3v) is 4.21. The molecule has 0 amide bonds. The number of hydrogen-bond acceptors (Lipinski definition) is 3. The normalized spacial score (nSPS) is 11.3. The van der Waals surface area contributed by atoms with Gasteiger partial charge in [0.2, 0.25) is 0 Å². The van der Waals surface area contributed by atoms with Gasteiger partial charge in [0, 0.05) is 0 Å². The minimum absolute atomic E-state index is 0.959. The molecule has 0 bridgehead atoms. The molecule has 4 heteroatoms. The Labute approximate surface area is 134 Å². The van der Waals surface area contributed by atoms with Gasteiger partial charge in [0.15, 0.2) is 0 Å². The SMILES string of the molecule is CCCCCCCCCCNCCc1cccc2n[nH]nc12. The molecule has 2 N–H and O–H groups in total. The summed E-state index contributed by atoms with van der Waals surface area (Å²) in [6, 6.07) is 6.19. The van der Waals surface area contributed by atoms with E-state index in [-0.39, 0.29) is 0 Å². The van der Waals surface area contributed by atoms with E-state index in [1.807, 2.05) is 6.07 Å². The Kier molecular flexibility index (Phi) is 7.96. The number of rotatable bonds is 12. The van der Waals surface area contributed by atoms with E-state index in [9.17, 15) is 0 Å². The quantitative estimate of drug-likeness (QED) is 0.577. The molecule has 22 heavy (non-hydrogen) atoms. The largest absolute Gasteiger partial charge is 0.316 e. The van der Waals surface area contributed by atoms with E-state index in [0.717, 1.165) is 30.5 Å². The predicted octanol–water partition coefficient (Wildman–Crippen LogP) is 4.23. The van der Waals surface area contributed by atoms with Crippen molar-refractivity contribution in [3.8, 4) is 0 Å². The summed E-state index contributed by atoms with van der Waals surface area (Å²) >= 11 is 0. The van der Waals surface area contributed by atoms with Gasteiger partial charge < -0.3 is 5.32 Å². The van der Waals surface area contributed by atoms with Crippen molar-refractivity contribution in [2.75, 3.05) is 13.1 Å². The number of aromatic amines is 1. The van der Waals surface area contributed by atoms with E-state index < -0.39 is 0 Å². The number of benzene rings is 1. The number of fused-ring (bicyclic) bond motifs is 1. The van der Waals surface area contributed by atoms with Crippen LogP contribution in [0.15, 0.2) is 18.2 Å². The van der Waals surface area contributed by atoms with Crippen molar-refractivity contribution >= 4 is 11.0 Å². The molecule has 0 aliphatic rings. The fourth-order valence-electron chi connectivity index (χ4n) is 2.86. The Morgan fingerprint density at radius 1 is 0.909 bits per heavy atom. The molecule has 1 heterocycles. The van der Waals surface area contributed by atoms with Gasteiger partial charge in [-0.15, -0.1) is 0 Å². The molecule has 0 radical (unpaired) electrons. The first-order chi connectivity index (χ1) is 10.9. The summed E-state index contributed by atoms with van der Waals surface area (Å²) in [7, 11) is 0. The highest BCUT2D eigenvalue weighted by molar-refractivity contribution is 5.77. The first-order valence-corrected chi connectivity index (χ1v) is 8.91. The Morgan fingerprint density at radius 2 is 1.68 bits per heavy atom. The number of nitrogens with zero attached hydrogens (tertiary/aromatic N) is 2. The first-order valence-electron chi connectivity index (χ1n) is 8.91. The van der Waals surface area contributed by atoms with E-state index in [4.69, 9.17) is 0 Å². The Bertz CT molecular complexity index is 521. The maximum atomic E-state index is 4.22. The summed E-state index contributed by atoms with van der Waals surface area (Å²) in [6.07, 6.45) is 12.1. The van der Waals surface area contributed by atoms with E-state index in [0.29, 0.717) is 0 Å². The predicted molar refractivity (Wildman–Crippen MR) is 93.1 cm³/mol. The molecule has 0 fully saturated rings. The van der Waals surface area contributed by atoms with E-state index in [1.165, 1.54) is 56.9 Å². The van der Waals surface area contributed by atoms with Crippen LogP contribution in [0.25, 0.3) is 11.0 Å². The van der Waals surface area contributed by atoms with Gasteiger partial charge in [0.25, 0.3) is 0 Å². The van der Waals surface area contributed by atoms with Gasteiger partial charge >= 0.3 is 0 Å². The topological polar surface area (TPSA) is 53.6 Å². The maximum absolute atomic E-state index is 4.22. The number of aromatic nitrogens is 3. The lowest BCUT2D eigenvalue weighted by molar-refractivity contribution is 0.556. The van der Waals surface area contributed by atoms with Gasteiger partial charge in [0.05, 0.1) is 0 Å². The van der Waals surface area contributed by atoms with Gasteiger partial charge in [-0.05, 0) is 37.6 Å². The number of para-hydroxylation sites is 1. The van der Waals surface area contributed by atoms with Gasteiger partial charge in [0.1, 0.15) is 11.0 Å². The number of H-pyrrole nitrogens is 1. The molecule has 0 atom stereocenters. The average molecular weight is 302 g/mol. The van der Waals surface area contributed by atoms with Crippen LogP contribution in [0.1, 0.15) is 63.9 Å². The average Bonchev–Trinajstić information content (AvgIpc) is 3.02. The fourth-order valence-corrected chi connectivity index (χ4v) is 2.86. The van der Waals surface area contributed by atoms with Crippen LogP contribution in [0.5, 0.6) is 0 Å². The van der Waals surface area contributed by atoms with Gasteiger partial charge in [-0.25, -0.2) is 0 Å². The smallest absolute Gasteiger partial charge is 0.116 e. The molecule has 0 unspecified atom stereocenters. The zero-order valence-corrected chi connectivity index (χ0v) is 13.9. The van der Waals surface area contributed by atoms with Crippen molar-refractivity contribution in [2.24, 2.45) is 0 Å². The van der Waals surface area contributed by atoms with E-state index >= 15 is 0 Å². The molecule has 122 valence electrons. The van der Waals surface area contributed by atoms with Crippen LogP contribution >= 0.6 is 0 Å². The monoisotopic (exact) mass is 302 g/mol. The molecule has 2 rings (SSSR count). The summed E-state index contributed by atoms with van der Waals surface area (Å²) in [5.74, 6) is 0. The molecule has 0 saturated carbocycles. The maximum Gasteiger partial charge on any atom is 0.116 e.